The predicted octanol–water partition coefficient (Wildman–Crippen LogP) is 4.29. The molecule has 1 aromatic rings. The van der Waals surface area contributed by atoms with E-state index < -0.39 is 0 Å². The lowest BCUT2D eigenvalue weighted by atomic mass is 10.1. The average molecular weight is 311 g/mol. The number of hydrogen-bond acceptors (Lipinski definition) is 3. The maximum Gasteiger partial charge on any atom is 0.129 e. The van der Waals surface area contributed by atoms with Crippen LogP contribution in [-0.2, 0) is 4.79 Å². The van der Waals surface area contributed by atoms with Gasteiger partial charge in [0.1, 0.15) is 11.5 Å². The third-order valence-electron chi connectivity index (χ3n) is 3.10. The molecule has 3 nitrogen and oxygen atoms in total. The van der Waals surface area contributed by atoms with Gasteiger partial charge in [-0.15, -0.1) is 0 Å². The van der Waals surface area contributed by atoms with Crippen LogP contribution in [0.25, 0.3) is 6.08 Å². The molecule has 0 aliphatic heterocycles. The highest BCUT2D eigenvalue weighted by Gasteiger charge is 1.95. The first kappa shape index (κ1) is 18.5. The van der Waals surface area contributed by atoms with Gasteiger partial charge in [-0.05, 0) is 37.3 Å². The van der Waals surface area contributed by atoms with Crippen molar-refractivity contribution in [1.29, 1.82) is 0 Å². The molecule has 1 aromatic carbocycles. The number of rotatable bonds is 10. The first-order chi connectivity index (χ1) is 11.1. The van der Waals surface area contributed by atoms with E-state index in [2.05, 4.69) is 11.9 Å². The quantitative estimate of drug-likeness (QED) is 0.517. The van der Waals surface area contributed by atoms with Crippen LogP contribution in [0, 0.1) is 0 Å². The van der Waals surface area contributed by atoms with E-state index in [1.165, 1.54) is 0 Å². The van der Waals surface area contributed by atoms with Crippen molar-refractivity contribution in [1.82, 2.24) is 5.32 Å². The number of ether oxygens (including phenoxy) is 1. The van der Waals surface area contributed by atoms with Crippen LogP contribution in [-0.4, -0.2) is 19.4 Å². The topological polar surface area (TPSA) is 38.3 Å². The Bertz CT molecular complexity index is 597. The summed E-state index contributed by atoms with van der Waals surface area (Å²) in [6.45, 7) is 6.40. The zero-order valence-electron chi connectivity index (χ0n) is 13.9. The highest BCUT2D eigenvalue weighted by molar-refractivity contribution is 5.75. The largest absolute Gasteiger partial charge is 0.496 e. The molecule has 23 heavy (non-hydrogen) atoms. The van der Waals surface area contributed by atoms with Gasteiger partial charge in [0.2, 0.25) is 0 Å². The second kappa shape index (κ2) is 11.1. The minimum Gasteiger partial charge on any atom is -0.496 e. The van der Waals surface area contributed by atoms with Crippen LogP contribution >= 0.6 is 0 Å². The lowest BCUT2D eigenvalue weighted by Crippen LogP contribution is -2.07. The van der Waals surface area contributed by atoms with E-state index in [1.54, 1.807) is 14.0 Å². The van der Waals surface area contributed by atoms with Crippen molar-refractivity contribution in [3.63, 3.8) is 0 Å². The smallest absolute Gasteiger partial charge is 0.129 e. The highest BCUT2D eigenvalue weighted by Crippen LogP contribution is 2.19. The SMILES string of the molecule is C=C(/C=C\C=C/NCCCC(C)=O)/C=C/c1ccccc1OC. The molecule has 0 bridgehead atoms. The number of para-hydroxylation sites is 1. The number of ketones is 1. The summed E-state index contributed by atoms with van der Waals surface area (Å²) in [5.74, 6) is 1.07. The van der Waals surface area contributed by atoms with Gasteiger partial charge in [0.15, 0.2) is 0 Å². The Labute approximate surface area is 139 Å². The molecule has 0 spiro atoms. The fourth-order valence-electron chi connectivity index (χ4n) is 1.88. The fraction of sp³-hybridized carbons (Fsp3) is 0.250. The molecule has 1 rings (SSSR count). The molecule has 0 fully saturated rings. The van der Waals surface area contributed by atoms with Crippen LogP contribution in [0.1, 0.15) is 25.3 Å². The summed E-state index contributed by atoms with van der Waals surface area (Å²) in [4.78, 5) is 10.8. The number of carbonyl (C=O) groups is 1. The summed E-state index contributed by atoms with van der Waals surface area (Å²) in [5.41, 5.74) is 1.92. The first-order valence-corrected chi connectivity index (χ1v) is 7.69. The standard InChI is InChI=1S/C20H25NO2/c1-17(9-6-7-15-21-16-8-10-18(2)22)13-14-19-11-4-5-12-20(19)23-3/h4-7,9,11-15,21H,1,8,10,16H2,2-3H3/b9-6-,14-13+,15-7-. The number of benzene rings is 1. The normalized spacial score (nSPS) is 11.4. The Morgan fingerprint density at radius 1 is 1.26 bits per heavy atom. The van der Waals surface area contributed by atoms with E-state index in [0.29, 0.717) is 6.42 Å². The monoisotopic (exact) mass is 311 g/mol. The average Bonchev–Trinajstić information content (AvgIpc) is 2.55. The molecule has 0 amide bonds. The molecule has 0 saturated carbocycles. The molecule has 3 heteroatoms. The van der Waals surface area contributed by atoms with Crippen LogP contribution in [0.3, 0.4) is 0 Å². The molecule has 0 aromatic heterocycles. The molecule has 0 unspecified atom stereocenters. The van der Waals surface area contributed by atoms with E-state index in [9.17, 15) is 4.79 Å². The van der Waals surface area contributed by atoms with Gasteiger partial charge in [-0.3, -0.25) is 0 Å². The number of carbonyl (C=O) groups excluding carboxylic acids is 1. The zero-order valence-corrected chi connectivity index (χ0v) is 13.9. The minimum atomic E-state index is 0.230. The van der Waals surface area contributed by atoms with Gasteiger partial charge in [-0.2, -0.15) is 0 Å². The van der Waals surface area contributed by atoms with E-state index in [1.807, 2.05) is 60.8 Å². The molecule has 1 N–H and O–H groups in total. The van der Waals surface area contributed by atoms with Crippen molar-refractivity contribution >= 4 is 11.9 Å². The van der Waals surface area contributed by atoms with Crippen LogP contribution in [0.5, 0.6) is 5.75 Å². The molecular weight excluding hydrogens is 286 g/mol. The van der Waals surface area contributed by atoms with Gasteiger partial charge in [-0.25, -0.2) is 0 Å². The molecule has 0 saturated heterocycles. The van der Waals surface area contributed by atoms with Crippen molar-refractivity contribution in [3.05, 3.63) is 72.5 Å². The molecule has 0 heterocycles. The number of nitrogens with one attached hydrogen (secondary N) is 1. The Kier molecular flexibility index (Phi) is 8.91. The number of Topliss-reactive ketones (excluding diaryl/α,β-unsaturated/α-hetero) is 1. The Balaban J connectivity index is 2.35. The Morgan fingerprint density at radius 3 is 2.78 bits per heavy atom. The fourth-order valence-corrected chi connectivity index (χ4v) is 1.88. The third-order valence-corrected chi connectivity index (χ3v) is 3.10. The molecule has 122 valence electrons. The van der Waals surface area contributed by atoms with Gasteiger partial charge < -0.3 is 14.8 Å². The van der Waals surface area contributed by atoms with Gasteiger partial charge in [0, 0.05) is 18.5 Å². The third kappa shape index (κ3) is 8.47. The van der Waals surface area contributed by atoms with E-state index >= 15 is 0 Å². The van der Waals surface area contributed by atoms with Crippen molar-refractivity contribution in [3.8, 4) is 5.75 Å². The summed E-state index contributed by atoms with van der Waals surface area (Å²) in [6, 6.07) is 7.84. The second-order valence-electron chi connectivity index (χ2n) is 5.13. The van der Waals surface area contributed by atoms with Crippen LogP contribution < -0.4 is 10.1 Å². The predicted molar refractivity (Wildman–Crippen MR) is 97.4 cm³/mol. The number of hydrogen-bond donors (Lipinski definition) is 1. The highest BCUT2D eigenvalue weighted by atomic mass is 16.5. The summed E-state index contributed by atoms with van der Waals surface area (Å²) in [5, 5.41) is 3.14. The molecule has 0 aliphatic rings. The Morgan fingerprint density at radius 2 is 2.04 bits per heavy atom. The van der Waals surface area contributed by atoms with Crippen molar-refractivity contribution in [2.75, 3.05) is 13.7 Å². The maximum atomic E-state index is 10.8. The van der Waals surface area contributed by atoms with Crippen molar-refractivity contribution in [2.45, 2.75) is 19.8 Å². The maximum absolute atomic E-state index is 10.8. The summed E-state index contributed by atoms with van der Waals surface area (Å²) < 4.78 is 5.30. The van der Waals surface area contributed by atoms with Gasteiger partial charge in [-0.1, -0.05) is 49.1 Å². The second-order valence-corrected chi connectivity index (χ2v) is 5.13. The van der Waals surface area contributed by atoms with Gasteiger partial charge in [0.05, 0.1) is 7.11 Å². The van der Waals surface area contributed by atoms with Crippen LogP contribution in [0.2, 0.25) is 0 Å². The molecular formula is C20H25NO2. The summed E-state index contributed by atoms with van der Waals surface area (Å²) in [7, 11) is 1.66. The lowest BCUT2D eigenvalue weighted by molar-refractivity contribution is -0.117. The zero-order chi connectivity index (χ0) is 16.9. The molecule has 0 atom stereocenters. The summed E-state index contributed by atoms with van der Waals surface area (Å²) >= 11 is 0. The Hall–Kier alpha value is -2.55. The minimum absolute atomic E-state index is 0.230. The number of methoxy groups -OCH3 is 1. The molecule has 0 aliphatic carbocycles. The van der Waals surface area contributed by atoms with Crippen LogP contribution in [0.4, 0.5) is 0 Å². The van der Waals surface area contributed by atoms with Crippen molar-refractivity contribution in [2.24, 2.45) is 0 Å². The van der Waals surface area contributed by atoms with Crippen molar-refractivity contribution < 1.29 is 9.53 Å². The van der Waals surface area contributed by atoms with Gasteiger partial charge >= 0.3 is 0 Å². The first-order valence-electron chi connectivity index (χ1n) is 7.69. The van der Waals surface area contributed by atoms with Crippen LogP contribution in [0.15, 0.2) is 66.9 Å². The van der Waals surface area contributed by atoms with E-state index in [-0.39, 0.29) is 5.78 Å². The van der Waals surface area contributed by atoms with E-state index in [0.717, 1.165) is 29.9 Å². The van der Waals surface area contributed by atoms with E-state index in [4.69, 9.17) is 4.74 Å². The number of allylic oxidation sites excluding steroid dienone is 5. The lowest BCUT2D eigenvalue weighted by Gasteiger charge is -2.03. The van der Waals surface area contributed by atoms with Gasteiger partial charge in [0.25, 0.3) is 0 Å². The summed E-state index contributed by atoms with van der Waals surface area (Å²) in [6.07, 6.45) is 13.0. The molecule has 0 radical (unpaired) electrons.